The summed E-state index contributed by atoms with van der Waals surface area (Å²) in [5.74, 6) is 0.242. The number of carboxylic acid groups (broad SMARTS) is 1. The number of carbonyl (C=O) groups is 1. The molecular weight excluding hydrogens is 500 g/mol. The molecule has 8 heteroatoms. The highest BCUT2D eigenvalue weighted by atomic mass is 16.4. The molecule has 0 unspecified atom stereocenters. The zero-order valence-corrected chi connectivity index (χ0v) is 22.4. The van der Waals surface area contributed by atoms with Crippen molar-refractivity contribution in [2.75, 3.05) is 12.8 Å². The lowest BCUT2D eigenvalue weighted by atomic mass is 9.85. The molecule has 5 aromatic rings. The number of nitrogen functional groups attached to an aromatic ring is 1. The standard InChI is InChI=1S/C32H32N6O2/c1-37(24-15-11-23(12-16-24)32(39)40)20-21-9-13-25(14-10-21)38-30(26-8-5-19-34-29(26)33)36-28-18-17-27(35-31(28)38)22-6-3-2-4-7-22/h2-10,13-14,17-19,23-24H,11-12,15-16,20H2,1H3,(H2,33,34)(H,39,40). The predicted octanol–water partition coefficient (Wildman–Crippen LogP) is 5.81. The molecule has 202 valence electrons. The summed E-state index contributed by atoms with van der Waals surface area (Å²) in [6.07, 6.45) is 5.00. The molecule has 3 aromatic heterocycles. The highest BCUT2D eigenvalue weighted by molar-refractivity contribution is 5.84. The molecule has 0 spiro atoms. The summed E-state index contributed by atoms with van der Waals surface area (Å²) in [5.41, 5.74) is 12.6. The predicted molar refractivity (Wildman–Crippen MR) is 157 cm³/mol. The maximum absolute atomic E-state index is 11.3. The topological polar surface area (TPSA) is 110 Å². The van der Waals surface area contributed by atoms with E-state index in [9.17, 15) is 9.90 Å². The van der Waals surface area contributed by atoms with Crippen LogP contribution >= 0.6 is 0 Å². The van der Waals surface area contributed by atoms with Crippen molar-refractivity contribution in [3.05, 3.63) is 90.6 Å². The molecule has 0 bridgehead atoms. The number of nitrogens with two attached hydrogens (primary N) is 1. The van der Waals surface area contributed by atoms with Crippen molar-refractivity contribution in [1.82, 2.24) is 24.4 Å². The van der Waals surface area contributed by atoms with Crippen LogP contribution in [0.2, 0.25) is 0 Å². The molecule has 0 radical (unpaired) electrons. The van der Waals surface area contributed by atoms with E-state index in [4.69, 9.17) is 15.7 Å². The molecule has 0 amide bonds. The van der Waals surface area contributed by atoms with Crippen molar-refractivity contribution >= 4 is 23.0 Å². The van der Waals surface area contributed by atoms with Gasteiger partial charge in [-0.15, -0.1) is 0 Å². The number of aliphatic carboxylic acids is 1. The summed E-state index contributed by atoms with van der Waals surface area (Å²) in [5, 5.41) is 9.31. The molecule has 0 aliphatic heterocycles. The molecule has 1 saturated carbocycles. The molecule has 0 atom stereocenters. The van der Waals surface area contributed by atoms with E-state index in [0.717, 1.165) is 65.9 Å². The van der Waals surface area contributed by atoms with Gasteiger partial charge in [0.15, 0.2) is 11.5 Å². The molecule has 6 rings (SSSR count). The van der Waals surface area contributed by atoms with E-state index < -0.39 is 5.97 Å². The average Bonchev–Trinajstić information content (AvgIpc) is 3.37. The Kier molecular flexibility index (Phi) is 7.00. The van der Waals surface area contributed by atoms with Crippen LogP contribution in [-0.2, 0) is 11.3 Å². The van der Waals surface area contributed by atoms with Crippen molar-refractivity contribution in [2.24, 2.45) is 5.92 Å². The van der Waals surface area contributed by atoms with Crippen molar-refractivity contribution in [1.29, 1.82) is 0 Å². The third-order valence-electron chi connectivity index (χ3n) is 7.95. The third kappa shape index (κ3) is 5.05. The Morgan fingerprint density at radius 3 is 2.40 bits per heavy atom. The molecule has 1 aliphatic rings. The smallest absolute Gasteiger partial charge is 0.306 e. The van der Waals surface area contributed by atoms with Crippen molar-refractivity contribution in [3.8, 4) is 28.3 Å². The summed E-state index contributed by atoms with van der Waals surface area (Å²) >= 11 is 0. The lowest BCUT2D eigenvalue weighted by molar-refractivity contribution is -0.143. The van der Waals surface area contributed by atoms with Crippen LogP contribution in [0.3, 0.4) is 0 Å². The number of benzene rings is 2. The lowest BCUT2D eigenvalue weighted by Gasteiger charge is -2.33. The Morgan fingerprint density at radius 2 is 1.70 bits per heavy atom. The number of hydrogen-bond donors (Lipinski definition) is 2. The highest BCUT2D eigenvalue weighted by Crippen LogP contribution is 2.32. The number of carboxylic acids is 1. The summed E-state index contributed by atoms with van der Waals surface area (Å²) in [6, 6.07) is 26.8. The van der Waals surface area contributed by atoms with Crippen LogP contribution < -0.4 is 5.73 Å². The first-order chi connectivity index (χ1) is 19.5. The number of imidazole rings is 1. The van der Waals surface area contributed by atoms with Crippen LogP contribution in [0.4, 0.5) is 5.82 Å². The molecule has 1 fully saturated rings. The number of rotatable bonds is 7. The van der Waals surface area contributed by atoms with Gasteiger partial charge in [-0.3, -0.25) is 14.3 Å². The van der Waals surface area contributed by atoms with Gasteiger partial charge in [0.2, 0.25) is 0 Å². The first-order valence-electron chi connectivity index (χ1n) is 13.7. The van der Waals surface area contributed by atoms with Crippen molar-refractivity contribution in [3.63, 3.8) is 0 Å². The van der Waals surface area contributed by atoms with Crippen molar-refractivity contribution < 1.29 is 9.90 Å². The Morgan fingerprint density at radius 1 is 0.950 bits per heavy atom. The molecule has 8 nitrogen and oxygen atoms in total. The number of anilines is 1. The van der Waals surface area contributed by atoms with Gasteiger partial charge in [0, 0.05) is 30.0 Å². The Labute approximate surface area is 233 Å². The molecular formula is C32H32N6O2. The fourth-order valence-electron chi connectivity index (χ4n) is 5.69. The number of nitrogens with zero attached hydrogens (tertiary/aromatic N) is 5. The van der Waals surface area contributed by atoms with E-state index in [1.807, 2.05) is 54.6 Å². The summed E-state index contributed by atoms with van der Waals surface area (Å²) in [4.78, 5) is 27.9. The summed E-state index contributed by atoms with van der Waals surface area (Å²) in [7, 11) is 2.13. The van der Waals surface area contributed by atoms with Crippen LogP contribution in [0.15, 0.2) is 85.1 Å². The number of pyridine rings is 2. The van der Waals surface area contributed by atoms with Gasteiger partial charge in [-0.1, -0.05) is 42.5 Å². The Hall–Kier alpha value is -4.56. The van der Waals surface area contributed by atoms with Gasteiger partial charge < -0.3 is 10.8 Å². The first-order valence-corrected chi connectivity index (χ1v) is 13.7. The molecule has 40 heavy (non-hydrogen) atoms. The van der Waals surface area contributed by atoms with Gasteiger partial charge in [0.1, 0.15) is 11.3 Å². The van der Waals surface area contributed by atoms with Gasteiger partial charge in [0.05, 0.1) is 17.2 Å². The van der Waals surface area contributed by atoms with Gasteiger partial charge in [-0.05, 0) is 74.7 Å². The minimum absolute atomic E-state index is 0.201. The second-order valence-electron chi connectivity index (χ2n) is 10.5. The molecule has 3 N–H and O–H groups in total. The van der Waals surface area contributed by atoms with Crippen LogP contribution in [0.1, 0.15) is 31.2 Å². The molecule has 0 saturated heterocycles. The number of hydrogen-bond acceptors (Lipinski definition) is 6. The fourth-order valence-corrected chi connectivity index (χ4v) is 5.69. The molecule has 3 heterocycles. The first kappa shape index (κ1) is 25.7. The minimum Gasteiger partial charge on any atom is -0.481 e. The van der Waals surface area contributed by atoms with E-state index in [2.05, 4.69) is 45.8 Å². The van der Waals surface area contributed by atoms with Gasteiger partial charge in [-0.2, -0.15) is 0 Å². The molecule has 1 aliphatic carbocycles. The highest BCUT2D eigenvalue weighted by Gasteiger charge is 2.28. The zero-order valence-electron chi connectivity index (χ0n) is 22.4. The van der Waals surface area contributed by atoms with E-state index in [-0.39, 0.29) is 5.92 Å². The largest absolute Gasteiger partial charge is 0.481 e. The zero-order chi connectivity index (χ0) is 27.6. The van der Waals surface area contributed by atoms with Gasteiger partial charge in [0.25, 0.3) is 0 Å². The average molecular weight is 533 g/mol. The quantitative estimate of drug-likeness (QED) is 0.272. The Bertz CT molecular complexity index is 1640. The summed E-state index contributed by atoms with van der Waals surface area (Å²) < 4.78 is 2.05. The van der Waals surface area contributed by atoms with Crippen molar-refractivity contribution in [2.45, 2.75) is 38.3 Å². The van der Waals surface area contributed by atoms with E-state index >= 15 is 0 Å². The number of fused-ring (bicyclic) bond motifs is 1. The van der Waals surface area contributed by atoms with E-state index in [0.29, 0.717) is 17.7 Å². The molecule has 2 aromatic carbocycles. The maximum Gasteiger partial charge on any atom is 0.306 e. The maximum atomic E-state index is 11.3. The van der Waals surface area contributed by atoms with Gasteiger partial charge in [-0.25, -0.2) is 15.0 Å². The third-order valence-corrected chi connectivity index (χ3v) is 7.95. The number of aromatic nitrogens is 4. The van der Waals surface area contributed by atoms with E-state index in [1.54, 1.807) is 6.20 Å². The van der Waals surface area contributed by atoms with Crippen LogP contribution in [0, 0.1) is 5.92 Å². The monoisotopic (exact) mass is 532 g/mol. The van der Waals surface area contributed by atoms with Crippen LogP contribution in [0.25, 0.3) is 39.5 Å². The SMILES string of the molecule is CN(Cc1ccc(-n2c(-c3cccnc3N)nc3ccc(-c4ccccc4)nc32)cc1)C1CCC(C(=O)O)CC1. The van der Waals surface area contributed by atoms with Crippen LogP contribution in [0.5, 0.6) is 0 Å². The van der Waals surface area contributed by atoms with Crippen LogP contribution in [-0.4, -0.2) is 48.6 Å². The second kappa shape index (κ2) is 10.9. The summed E-state index contributed by atoms with van der Waals surface area (Å²) in [6.45, 7) is 0.798. The Balaban J connectivity index is 1.34. The lowest BCUT2D eigenvalue weighted by Crippen LogP contribution is -2.36. The fraction of sp³-hybridized carbons (Fsp3) is 0.250. The normalized spacial score (nSPS) is 17.4. The minimum atomic E-state index is -0.665. The van der Waals surface area contributed by atoms with E-state index in [1.165, 1.54) is 5.56 Å². The van der Waals surface area contributed by atoms with Gasteiger partial charge >= 0.3 is 5.97 Å². The second-order valence-corrected chi connectivity index (χ2v) is 10.5.